The summed E-state index contributed by atoms with van der Waals surface area (Å²) in [6.07, 6.45) is 2.97. The van der Waals surface area contributed by atoms with Crippen molar-refractivity contribution in [2.45, 2.75) is 39.2 Å². The molecular weight excluding hydrogens is 240 g/mol. The third kappa shape index (κ3) is 4.24. The Morgan fingerprint density at radius 3 is 2.68 bits per heavy atom. The minimum absolute atomic E-state index is 0.0907. The van der Waals surface area contributed by atoms with E-state index in [0.29, 0.717) is 17.0 Å². The Hall–Kier alpha value is -1.55. The van der Waals surface area contributed by atoms with Gasteiger partial charge in [-0.1, -0.05) is 20.3 Å². The number of nitrogens with one attached hydrogen (secondary N) is 1. The van der Waals surface area contributed by atoms with E-state index in [0.717, 1.165) is 25.8 Å². The van der Waals surface area contributed by atoms with Crippen molar-refractivity contribution < 1.29 is 9.53 Å². The lowest BCUT2D eigenvalue weighted by molar-refractivity contribution is 0.0940. The van der Waals surface area contributed by atoms with Gasteiger partial charge in [-0.15, -0.1) is 0 Å². The largest absolute Gasteiger partial charge is 0.495 e. The van der Waals surface area contributed by atoms with Crippen molar-refractivity contribution in [3.63, 3.8) is 0 Å². The van der Waals surface area contributed by atoms with Crippen molar-refractivity contribution in [3.05, 3.63) is 23.8 Å². The van der Waals surface area contributed by atoms with Crippen molar-refractivity contribution in [2.24, 2.45) is 0 Å². The molecule has 0 radical (unpaired) electrons. The van der Waals surface area contributed by atoms with Crippen molar-refractivity contribution >= 4 is 11.5 Å². The maximum atomic E-state index is 12.4. The number of ether oxygens (including phenoxy) is 1. The third-order valence-corrected chi connectivity index (χ3v) is 3.16. The van der Waals surface area contributed by atoms with Gasteiger partial charge in [0, 0.05) is 5.56 Å². The Bertz CT molecular complexity index is 419. The number of anilines is 1. The van der Waals surface area contributed by atoms with E-state index in [1.165, 1.54) is 0 Å². The van der Waals surface area contributed by atoms with Crippen molar-refractivity contribution in [3.8, 4) is 5.75 Å². The lowest BCUT2D eigenvalue weighted by Crippen LogP contribution is -2.36. The van der Waals surface area contributed by atoms with Crippen molar-refractivity contribution in [2.75, 3.05) is 19.4 Å². The molecule has 1 aromatic carbocycles. The highest BCUT2D eigenvalue weighted by molar-refractivity contribution is 6.01. The number of methoxy groups -OCH3 is 1. The van der Waals surface area contributed by atoms with Gasteiger partial charge in [0.25, 0.3) is 0 Å². The van der Waals surface area contributed by atoms with Gasteiger partial charge in [0.05, 0.1) is 18.8 Å². The van der Waals surface area contributed by atoms with E-state index >= 15 is 0 Å². The van der Waals surface area contributed by atoms with E-state index in [4.69, 9.17) is 10.5 Å². The van der Waals surface area contributed by atoms with Crippen LogP contribution in [0.15, 0.2) is 18.2 Å². The van der Waals surface area contributed by atoms with Crippen molar-refractivity contribution in [1.29, 1.82) is 0 Å². The molecule has 106 valence electrons. The Morgan fingerprint density at radius 1 is 1.42 bits per heavy atom. The van der Waals surface area contributed by atoms with E-state index < -0.39 is 0 Å². The zero-order valence-electron chi connectivity index (χ0n) is 12.0. The molecule has 1 atom stereocenters. The summed E-state index contributed by atoms with van der Waals surface area (Å²) in [7, 11) is 1.56. The minimum atomic E-state index is -0.139. The number of rotatable bonds is 8. The molecule has 0 saturated carbocycles. The van der Waals surface area contributed by atoms with Crippen LogP contribution in [0.25, 0.3) is 0 Å². The molecular formula is C15H24N2O2. The van der Waals surface area contributed by atoms with Gasteiger partial charge < -0.3 is 15.8 Å². The van der Waals surface area contributed by atoms with Crippen LogP contribution in [0.1, 0.15) is 43.5 Å². The number of Topliss-reactive ketones (excluding diaryl/α,β-unsaturated/α-hetero) is 1. The van der Waals surface area contributed by atoms with Gasteiger partial charge in [0.1, 0.15) is 5.75 Å². The molecule has 1 rings (SSSR count). The maximum Gasteiger partial charge on any atom is 0.179 e. The molecule has 0 spiro atoms. The van der Waals surface area contributed by atoms with E-state index in [2.05, 4.69) is 12.2 Å². The smallest absolute Gasteiger partial charge is 0.179 e. The molecule has 4 nitrogen and oxygen atoms in total. The second kappa shape index (κ2) is 7.79. The fourth-order valence-electron chi connectivity index (χ4n) is 1.96. The maximum absolute atomic E-state index is 12.4. The number of ketones is 1. The molecule has 0 aliphatic rings. The van der Waals surface area contributed by atoms with Crippen LogP contribution >= 0.6 is 0 Å². The van der Waals surface area contributed by atoms with E-state index in [1.807, 2.05) is 6.92 Å². The molecule has 0 aromatic heterocycles. The van der Waals surface area contributed by atoms with Crippen LogP contribution in [0, 0.1) is 0 Å². The van der Waals surface area contributed by atoms with Crippen molar-refractivity contribution in [1.82, 2.24) is 5.32 Å². The highest BCUT2D eigenvalue weighted by Crippen LogP contribution is 2.22. The molecule has 0 amide bonds. The van der Waals surface area contributed by atoms with Crippen LogP contribution in [-0.4, -0.2) is 25.5 Å². The van der Waals surface area contributed by atoms with E-state index in [-0.39, 0.29) is 11.8 Å². The zero-order chi connectivity index (χ0) is 14.3. The summed E-state index contributed by atoms with van der Waals surface area (Å²) in [6, 6.07) is 5.05. The minimum Gasteiger partial charge on any atom is -0.495 e. The monoisotopic (exact) mass is 264 g/mol. The summed E-state index contributed by atoms with van der Waals surface area (Å²) in [5.74, 6) is 0.691. The average Bonchev–Trinajstić information content (AvgIpc) is 2.43. The number of carbonyl (C=O) groups excluding carboxylic acids is 1. The Balaban J connectivity index is 2.76. The normalized spacial score (nSPS) is 12.2. The number of carbonyl (C=O) groups is 1. The Kier molecular flexibility index (Phi) is 6.36. The molecule has 1 unspecified atom stereocenters. The predicted octanol–water partition coefficient (Wildman–Crippen LogP) is 2.63. The number of nitrogens with two attached hydrogens (primary N) is 1. The van der Waals surface area contributed by atoms with Gasteiger partial charge in [-0.05, 0) is 37.6 Å². The van der Waals surface area contributed by atoms with E-state index in [9.17, 15) is 4.79 Å². The second-order valence-electron chi connectivity index (χ2n) is 4.59. The van der Waals surface area contributed by atoms with Gasteiger partial charge >= 0.3 is 0 Å². The van der Waals surface area contributed by atoms with E-state index in [1.54, 1.807) is 25.3 Å². The number of benzene rings is 1. The third-order valence-electron chi connectivity index (χ3n) is 3.16. The van der Waals surface area contributed by atoms with Crippen LogP contribution in [0.5, 0.6) is 5.75 Å². The first-order chi connectivity index (χ1) is 9.13. The standard InChI is InChI=1S/C15H24N2O2/c1-4-6-9-17-13(5-2)15(18)11-7-8-14(19-3)12(16)10-11/h7-8,10,13,17H,4-6,9,16H2,1-3H3. The Morgan fingerprint density at radius 2 is 2.16 bits per heavy atom. The van der Waals surface area contributed by atoms with Gasteiger partial charge in [0.2, 0.25) is 0 Å². The highest BCUT2D eigenvalue weighted by Gasteiger charge is 2.18. The van der Waals surface area contributed by atoms with Gasteiger partial charge in [-0.2, -0.15) is 0 Å². The zero-order valence-corrected chi connectivity index (χ0v) is 12.0. The first-order valence-electron chi connectivity index (χ1n) is 6.85. The number of unbranched alkanes of at least 4 members (excludes halogenated alkanes) is 1. The molecule has 1 aromatic rings. The van der Waals surface area contributed by atoms with Gasteiger partial charge in [-0.3, -0.25) is 4.79 Å². The fourth-order valence-corrected chi connectivity index (χ4v) is 1.96. The molecule has 0 bridgehead atoms. The molecule has 0 aliphatic heterocycles. The molecule has 4 heteroatoms. The highest BCUT2D eigenvalue weighted by atomic mass is 16.5. The lowest BCUT2D eigenvalue weighted by atomic mass is 10.0. The molecule has 3 N–H and O–H groups in total. The van der Waals surface area contributed by atoms with Crippen LogP contribution in [0.4, 0.5) is 5.69 Å². The lowest BCUT2D eigenvalue weighted by Gasteiger charge is -2.16. The Labute approximate surface area is 115 Å². The fraction of sp³-hybridized carbons (Fsp3) is 0.533. The molecule has 0 heterocycles. The first kappa shape index (κ1) is 15.5. The summed E-state index contributed by atoms with van der Waals surface area (Å²) >= 11 is 0. The summed E-state index contributed by atoms with van der Waals surface area (Å²) in [5, 5.41) is 3.30. The summed E-state index contributed by atoms with van der Waals surface area (Å²) in [6.45, 7) is 5.01. The van der Waals surface area contributed by atoms with Crippen LogP contribution in [0.2, 0.25) is 0 Å². The van der Waals surface area contributed by atoms with Crippen LogP contribution < -0.4 is 15.8 Å². The average molecular weight is 264 g/mol. The molecule has 19 heavy (non-hydrogen) atoms. The van der Waals surface area contributed by atoms with Crippen LogP contribution in [0.3, 0.4) is 0 Å². The number of nitrogen functional groups attached to an aromatic ring is 1. The number of hydrogen-bond acceptors (Lipinski definition) is 4. The first-order valence-corrected chi connectivity index (χ1v) is 6.85. The van der Waals surface area contributed by atoms with Gasteiger partial charge in [-0.25, -0.2) is 0 Å². The van der Waals surface area contributed by atoms with Gasteiger partial charge in [0.15, 0.2) is 5.78 Å². The summed E-state index contributed by atoms with van der Waals surface area (Å²) in [5.41, 5.74) is 6.97. The SMILES string of the molecule is CCCCNC(CC)C(=O)c1ccc(OC)c(N)c1. The quantitative estimate of drug-likeness (QED) is 0.430. The predicted molar refractivity (Wildman–Crippen MR) is 78.7 cm³/mol. The summed E-state index contributed by atoms with van der Waals surface area (Å²) in [4.78, 5) is 12.4. The molecule has 0 aliphatic carbocycles. The second-order valence-corrected chi connectivity index (χ2v) is 4.59. The summed E-state index contributed by atoms with van der Waals surface area (Å²) < 4.78 is 5.09. The topological polar surface area (TPSA) is 64.3 Å². The molecule has 0 fully saturated rings. The molecule has 0 saturated heterocycles. The van der Waals surface area contributed by atoms with Crippen LogP contribution in [-0.2, 0) is 0 Å². The number of hydrogen-bond donors (Lipinski definition) is 2.